The zero-order chi connectivity index (χ0) is 45.4. The summed E-state index contributed by atoms with van der Waals surface area (Å²) in [4.78, 5) is 10.7. The molecule has 0 atom stereocenters. The van der Waals surface area contributed by atoms with Gasteiger partial charge in [-0.15, -0.1) is 23.8 Å². The van der Waals surface area contributed by atoms with Crippen LogP contribution >= 0.6 is 0 Å². The maximum Gasteiger partial charge on any atom is 0.148 e. The number of para-hydroxylation sites is 2. The second-order valence-electron chi connectivity index (χ2n) is 20.4. The van der Waals surface area contributed by atoms with Crippen LogP contribution in [0.15, 0.2) is 162 Å². The quantitative estimate of drug-likeness (QED) is 0.169. The van der Waals surface area contributed by atoms with Crippen LogP contribution in [0.3, 0.4) is 0 Å². The van der Waals surface area contributed by atoms with E-state index in [2.05, 4.69) is 194 Å². The number of aromatic hydroxyl groups is 1. The number of pyridine rings is 1. The molecule has 0 fully saturated rings. The minimum absolute atomic E-state index is 0. The molecule has 3 aromatic heterocycles. The molecule has 332 valence electrons. The van der Waals surface area contributed by atoms with E-state index in [4.69, 9.17) is 14.4 Å². The Kier molecular flexibility index (Phi) is 11.3. The summed E-state index contributed by atoms with van der Waals surface area (Å²) in [7, 11) is 0. The number of hydrogen-bond acceptors (Lipinski definition) is 4. The van der Waals surface area contributed by atoms with Gasteiger partial charge in [0.05, 0.1) is 22.3 Å². The van der Waals surface area contributed by atoms with E-state index in [1.807, 2.05) is 36.5 Å². The van der Waals surface area contributed by atoms with Crippen molar-refractivity contribution >= 4 is 33.0 Å². The number of phenols is 1. The Bertz CT molecular complexity index is 3430. The first kappa shape index (κ1) is 44.6. The molecule has 0 radical (unpaired) electrons. The number of rotatable bonds is 6. The van der Waals surface area contributed by atoms with E-state index in [1.165, 1.54) is 5.56 Å². The number of phenolic OH excluding ortho intramolecular Hbond substituents is 1. The summed E-state index contributed by atoms with van der Waals surface area (Å²) in [5, 5.41) is 14.6. The summed E-state index contributed by atoms with van der Waals surface area (Å²) in [6.45, 7) is 19.9. The van der Waals surface area contributed by atoms with Crippen molar-refractivity contribution in [1.82, 2.24) is 14.5 Å². The minimum atomic E-state index is -0.339. The van der Waals surface area contributed by atoms with Crippen LogP contribution in [0.25, 0.3) is 94.7 Å². The summed E-state index contributed by atoms with van der Waals surface area (Å²) in [6.07, 6.45) is 1.91. The maximum atomic E-state index is 12.6. The number of imidazole rings is 1. The fourth-order valence-corrected chi connectivity index (χ4v) is 9.02. The van der Waals surface area contributed by atoms with Crippen LogP contribution in [0.2, 0.25) is 0 Å². The second kappa shape index (κ2) is 16.7. The molecule has 0 aliphatic rings. The van der Waals surface area contributed by atoms with Crippen molar-refractivity contribution in [3.8, 4) is 67.5 Å². The SMILES string of the molecule is CC(C)(C)c1ccc(-n2c(-c3cc(C(C)(C)C)cc(C(C)(C)C)c3O)nc3c(-c4[c-]c(-c5cc6oc7ccccc7c6cn5)cc(-c5ccccc5)c4)cccc32)c(-c2ccccc2)c1.[Pt]. The molecule has 10 rings (SSSR count). The van der Waals surface area contributed by atoms with Gasteiger partial charge in [-0.1, -0.05) is 182 Å². The summed E-state index contributed by atoms with van der Waals surface area (Å²) in [5.74, 6) is 0.904. The van der Waals surface area contributed by atoms with Crippen molar-refractivity contribution < 1.29 is 30.6 Å². The van der Waals surface area contributed by atoms with Gasteiger partial charge in [0.2, 0.25) is 0 Å². The second-order valence-corrected chi connectivity index (χ2v) is 20.4. The third-order valence-corrected chi connectivity index (χ3v) is 12.7. The third-order valence-electron chi connectivity index (χ3n) is 12.7. The molecule has 66 heavy (non-hydrogen) atoms. The van der Waals surface area contributed by atoms with Crippen LogP contribution in [-0.2, 0) is 37.3 Å². The molecule has 0 unspecified atom stereocenters. The molecule has 3 heterocycles. The molecule has 5 nitrogen and oxygen atoms in total. The average molecular weight is 1040 g/mol. The molecule has 0 aliphatic carbocycles. The van der Waals surface area contributed by atoms with Crippen molar-refractivity contribution in [3.63, 3.8) is 0 Å². The van der Waals surface area contributed by atoms with Gasteiger partial charge in [0.15, 0.2) is 0 Å². The Morgan fingerprint density at radius 3 is 1.88 bits per heavy atom. The summed E-state index contributed by atoms with van der Waals surface area (Å²) in [5.41, 5.74) is 15.3. The zero-order valence-corrected chi connectivity index (χ0v) is 41.3. The predicted molar refractivity (Wildman–Crippen MR) is 270 cm³/mol. The number of fused-ring (bicyclic) bond motifs is 4. The van der Waals surface area contributed by atoms with Gasteiger partial charge in [-0.3, -0.25) is 9.55 Å². The van der Waals surface area contributed by atoms with Gasteiger partial charge in [0.1, 0.15) is 22.7 Å². The molecular weight excluding hydrogens is 990 g/mol. The van der Waals surface area contributed by atoms with Crippen molar-refractivity contribution in [2.24, 2.45) is 0 Å². The smallest absolute Gasteiger partial charge is 0.148 e. The molecule has 0 saturated carbocycles. The first-order valence-electron chi connectivity index (χ1n) is 22.5. The van der Waals surface area contributed by atoms with Crippen LogP contribution in [0, 0.1) is 6.07 Å². The van der Waals surface area contributed by atoms with Crippen LogP contribution in [-0.4, -0.2) is 19.6 Å². The Hall–Kier alpha value is -6.55. The van der Waals surface area contributed by atoms with Crippen LogP contribution < -0.4 is 0 Å². The van der Waals surface area contributed by atoms with Crippen LogP contribution in [0.4, 0.5) is 0 Å². The van der Waals surface area contributed by atoms with E-state index in [1.54, 1.807) is 0 Å². The maximum absolute atomic E-state index is 12.6. The number of aromatic nitrogens is 3. The zero-order valence-electron chi connectivity index (χ0n) is 39.0. The number of hydrogen-bond donors (Lipinski definition) is 1. The number of furan rings is 1. The predicted octanol–water partition coefficient (Wildman–Crippen LogP) is 16.1. The van der Waals surface area contributed by atoms with E-state index >= 15 is 0 Å². The molecule has 0 spiro atoms. The van der Waals surface area contributed by atoms with E-state index in [0.29, 0.717) is 11.4 Å². The first-order valence-corrected chi connectivity index (χ1v) is 22.5. The van der Waals surface area contributed by atoms with Crippen molar-refractivity contribution in [2.75, 3.05) is 0 Å². The molecule has 0 saturated heterocycles. The molecule has 0 aliphatic heterocycles. The standard InChI is InChI=1S/C60H54N3O2.Pt/c1-58(2,3)42-27-28-51(46(32-42)38-21-14-11-15-22-38)63-52-25-18-24-44(55(52)62-57(63)47-33-43(59(4,5)6)34-49(56(47)64)60(7,8)9)40-29-39(37-19-12-10-13-20-37)30-41(31-40)50-35-54-48(36-61-50)45-23-16-17-26-53(45)65-54;/h10-30,32-36,64H,1-9H3;/q-1;. The van der Waals surface area contributed by atoms with E-state index in [9.17, 15) is 5.11 Å². The van der Waals surface area contributed by atoms with Gasteiger partial charge in [-0.25, -0.2) is 4.98 Å². The summed E-state index contributed by atoms with van der Waals surface area (Å²) < 4.78 is 8.61. The van der Waals surface area contributed by atoms with Crippen molar-refractivity contribution in [2.45, 2.75) is 78.6 Å². The van der Waals surface area contributed by atoms with Crippen LogP contribution in [0.1, 0.15) is 79.0 Å². The normalized spacial score (nSPS) is 12.3. The minimum Gasteiger partial charge on any atom is -0.507 e. The molecule has 7 aromatic carbocycles. The Labute approximate surface area is 402 Å². The molecule has 1 N–H and O–H groups in total. The van der Waals surface area contributed by atoms with E-state index < -0.39 is 0 Å². The molecule has 10 aromatic rings. The number of benzene rings is 7. The first-order chi connectivity index (χ1) is 31.0. The van der Waals surface area contributed by atoms with E-state index in [-0.39, 0.29) is 43.1 Å². The van der Waals surface area contributed by atoms with Gasteiger partial charge in [-0.05, 0) is 74.9 Å². The van der Waals surface area contributed by atoms with Crippen molar-refractivity contribution in [3.05, 3.63) is 181 Å². The average Bonchev–Trinajstić information content (AvgIpc) is 3.87. The fourth-order valence-electron chi connectivity index (χ4n) is 9.02. The summed E-state index contributed by atoms with van der Waals surface area (Å²) >= 11 is 0. The van der Waals surface area contributed by atoms with Crippen LogP contribution in [0.5, 0.6) is 5.75 Å². The monoisotopic (exact) mass is 1040 g/mol. The Morgan fingerprint density at radius 2 is 1.18 bits per heavy atom. The van der Waals surface area contributed by atoms with E-state index in [0.717, 1.165) is 94.4 Å². The van der Waals surface area contributed by atoms with Crippen molar-refractivity contribution in [1.29, 1.82) is 0 Å². The van der Waals surface area contributed by atoms with Gasteiger partial charge < -0.3 is 9.52 Å². The molecule has 6 heteroatoms. The summed E-state index contributed by atoms with van der Waals surface area (Å²) in [6, 6.07) is 56.8. The molecule has 0 bridgehead atoms. The van der Waals surface area contributed by atoms with Gasteiger partial charge in [-0.2, -0.15) is 0 Å². The third kappa shape index (κ3) is 8.09. The Balaban J connectivity index is 0.00000548. The molecular formula is C60H54N3O2Pt-. The molecule has 0 amide bonds. The topological polar surface area (TPSA) is 64.1 Å². The largest absolute Gasteiger partial charge is 0.507 e. The van der Waals surface area contributed by atoms with Gasteiger partial charge in [0.25, 0.3) is 0 Å². The number of nitrogens with zero attached hydrogens (tertiary/aromatic N) is 3. The van der Waals surface area contributed by atoms with Gasteiger partial charge in [0, 0.05) is 54.9 Å². The Morgan fingerprint density at radius 1 is 0.530 bits per heavy atom. The fraction of sp³-hybridized carbons (Fsp3) is 0.200. The van der Waals surface area contributed by atoms with Gasteiger partial charge >= 0.3 is 0 Å².